The minimum Gasteiger partial charge on any atom is -0.288 e. The van der Waals surface area contributed by atoms with E-state index >= 15 is 0 Å². The highest BCUT2D eigenvalue weighted by molar-refractivity contribution is 6.14. The van der Waals surface area contributed by atoms with Crippen molar-refractivity contribution in [2.45, 2.75) is 13.8 Å². The summed E-state index contributed by atoms with van der Waals surface area (Å²) >= 11 is 0. The lowest BCUT2D eigenvalue weighted by Crippen LogP contribution is -2.04. The Morgan fingerprint density at radius 3 is 2.48 bits per heavy atom. The van der Waals surface area contributed by atoms with Gasteiger partial charge in [-0.25, -0.2) is 4.39 Å². The summed E-state index contributed by atoms with van der Waals surface area (Å²) in [7, 11) is 0. The van der Waals surface area contributed by atoms with E-state index in [2.05, 4.69) is 0 Å². The minimum absolute atomic E-state index is 0.0802. The zero-order valence-corrected chi connectivity index (χ0v) is 11.9. The van der Waals surface area contributed by atoms with Crippen LogP contribution in [0.25, 0.3) is 6.08 Å². The van der Waals surface area contributed by atoms with Crippen LogP contribution in [0, 0.1) is 31.0 Å². The number of Topliss-reactive ketones (excluding diaryl/α,β-unsaturated/α-hetero) is 1. The number of aryl methyl sites for hydroxylation is 2. The van der Waals surface area contributed by atoms with Crippen molar-refractivity contribution in [1.82, 2.24) is 0 Å². The van der Waals surface area contributed by atoms with E-state index in [1.807, 2.05) is 38.1 Å². The van der Waals surface area contributed by atoms with Crippen LogP contribution in [0.4, 0.5) is 4.39 Å². The second kappa shape index (κ2) is 6.15. The van der Waals surface area contributed by atoms with Gasteiger partial charge in [0.25, 0.3) is 0 Å². The van der Waals surface area contributed by atoms with Crippen molar-refractivity contribution < 1.29 is 9.18 Å². The fraction of sp³-hybridized carbons (Fsp3) is 0.111. The highest BCUT2D eigenvalue weighted by Crippen LogP contribution is 2.17. The summed E-state index contributed by atoms with van der Waals surface area (Å²) in [5, 5.41) is 9.17. The summed E-state index contributed by atoms with van der Waals surface area (Å²) < 4.78 is 13.6. The van der Waals surface area contributed by atoms with E-state index in [0.29, 0.717) is 0 Å². The molecule has 2 rings (SSSR count). The molecule has 0 saturated carbocycles. The van der Waals surface area contributed by atoms with Crippen LogP contribution >= 0.6 is 0 Å². The Bertz CT molecular complexity index is 769. The van der Waals surface area contributed by atoms with Gasteiger partial charge in [0, 0.05) is 0 Å². The minimum atomic E-state index is -0.622. The van der Waals surface area contributed by atoms with Crippen molar-refractivity contribution >= 4 is 11.9 Å². The summed E-state index contributed by atoms with van der Waals surface area (Å²) in [5.41, 5.74) is 2.78. The molecule has 0 amide bonds. The number of hydrogen-bond donors (Lipinski definition) is 0. The van der Waals surface area contributed by atoms with Crippen molar-refractivity contribution in [2.24, 2.45) is 0 Å². The van der Waals surface area contributed by atoms with Gasteiger partial charge in [0.1, 0.15) is 17.5 Å². The van der Waals surface area contributed by atoms with Gasteiger partial charge in [-0.2, -0.15) is 5.26 Å². The van der Waals surface area contributed by atoms with Gasteiger partial charge in [-0.3, -0.25) is 4.79 Å². The van der Waals surface area contributed by atoms with Crippen molar-refractivity contribution in [1.29, 1.82) is 5.26 Å². The molecule has 0 fully saturated rings. The van der Waals surface area contributed by atoms with Gasteiger partial charge in [0.15, 0.2) is 0 Å². The molecule has 0 unspecified atom stereocenters. The Hall–Kier alpha value is -2.73. The number of carbonyl (C=O) groups is 1. The summed E-state index contributed by atoms with van der Waals surface area (Å²) in [6.45, 7) is 3.94. The Morgan fingerprint density at radius 1 is 1.14 bits per heavy atom. The fourth-order valence-electron chi connectivity index (χ4n) is 1.96. The van der Waals surface area contributed by atoms with Crippen molar-refractivity contribution in [3.8, 4) is 6.07 Å². The monoisotopic (exact) mass is 279 g/mol. The van der Waals surface area contributed by atoms with E-state index in [0.717, 1.165) is 16.7 Å². The molecule has 0 aliphatic carbocycles. The summed E-state index contributed by atoms with van der Waals surface area (Å²) in [5.74, 6) is -1.22. The van der Waals surface area contributed by atoms with Crippen LogP contribution in [0.15, 0.2) is 48.0 Å². The van der Waals surface area contributed by atoms with Gasteiger partial charge in [-0.05, 0) is 48.7 Å². The molecule has 0 aliphatic rings. The lowest BCUT2D eigenvalue weighted by Gasteiger charge is -2.03. The maximum absolute atomic E-state index is 13.6. The number of hydrogen-bond acceptors (Lipinski definition) is 2. The molecular formula is C18H14FNO. The molecule has 0 bridgehead atoms. The second-order valence-electron chi connectivity index (χ2n) is 4.82. The van der Waals surface area contributed by atoms with Crippen molar-refractivity contribution in [3.05, 3.63) is 76.1 Å². The third kappa shape index (κ3) is 3.24. The van der Waals surface area contributed by atoms with Crippen LogP contribution in [-0.2, 0) is 0 Å². The van der Waals surface area contributed by atoms with E-state index in [1.165, 1.54) is 24.3 Å². The fourth-order valence-corrected chi connectivity index (χ4v) is 1.96. The number of nitrogens with zero attached hydrogens (tertiary/aromatic N) is 1. The molecule has 2 nitrogen and oxygen atoms in total. The lowest BCUT2D eigenvalue weighted by molar-refractivity contribution is 0.103. The van der Waals surface area contributed by atoms with Gasteiger partial charge >= 0.3 is 0 Å². The molecule has 2 aromatic rings. The summed E-state index contributed by atoms with van der Waals surface area (Å²) in [4.78, 5) is 12.2. The molecule has 3 heteroatoms. The zero-order chi connectivity index (χ0) is 15.4. The molecule has 104 valence electrons. The third-order valence-corrected chi connectivity index (χ3v) is 3.33. The topological polar surface area (TPSA) is 40.9 Å². The molecule has 21 heavy (non-hydrogen) atoms. The quantitative estimate of drug-likeness (QED) is 0.479. The van der Waals surface area contributed by atoms with E-state index in [-0.39, 0.29) is 11.1 Å². The zero-order valence-electron chi connectivity index (χ0n) is 11.9. The highest BCUT2D eigenvalue weighted by atomic mass is 19.1. The second-order valence-corrected chi connectivity index (χ2v) is 4.82. The van der Waals surface area contributed by atoms with E-state index < -0.39 is 11.6 Å². The van der Waals surface area contributed by atoms with Gasteiger partial charge in [-0.1, -0.05) is 30.3 Å². The first-order valence-electron chi connectivity index (χ1n) is 6.51. The number of carbonyl (C=O) groups excluding carboxylic acids is 1. The van der Waals surface area contributed by atoms with Crippen molar-refractivity contribution in [3.63, 3.8) is 0 Å². The van der Waals surface area contributed by atoms with Crippen LogP contribution in [0.5, 0.6) is 0 Å². The number of halogens is 1. The number of nitriles is 1. The summed E-state index contributed by atoms with van der Waals surface area (Å²) in [6.07, 6.45) is 1.49. The van der Waals surface area contributed by atoms with Crippen LogP contribution < -0.4 is 0 Å². The van der Waals surface area contributed by atoms with Gasteiger partial charge in [-0.15, -0.1) is 0 Å². The molecule has 0 aliphatic heterocycles. The molecule has 0 N–H and O–H groups in total. The Balaban J connectivity index is 2.42. The van der Waals surface area contributed by atoms with Gasteiger partial charge in [0.2, 0.25) is 5.78 Å². The first-order valence-corrected chi connectivity index (χ1v) is 6.51. The maximum atomic E-state index is 13.6. The molecule has 2 aromatic carbocycles. The van der Waals surface area contributed by atoms with Crippen molar-refractivity contribution in [2.75, 3.05) is 0 Å². The van der Waals surface area contributed by atoms with Crippen LogP contribution in [0.2, 0.25) is 0 Å². The Kier molecular flexibility index (Phi) is 4.30. The van der Waals surface area contributed by atoms with E-state index in [9.17, 15) is 14.4 Å². The Labute approximate surface area is 123 Å². The first kappa shape index (κ1) is 14.7. The normalized spacial score (nSPS) is 11.0. The van der Waals surface area contributed by atoms with Gasteiger partial charge < -0.3 is 0 Å². The third-order valence-electron chi connectivity index (χ3n) is 3.33. The molecule has 0 atom stereocenters. The van der Waals surface area contributed by atoms with Crippen LogP contribution in [0.1, 0.15) is 27.0 Å². The standard InChI is InChI=1S/C18H14FNO/c1-12-7-8-14(9-13(12)2)10-15(11-20)18(21)16-5-3-4-6-17(16)19/h3-10H,1-2H3. The molecule has 0 aromatic heterocycles. The Morgan fingerprint density at radius 2 is 1.86 bits per heavy atom. The van der Waals surface area contributed by atoms with Crippen LogP contribution in [-0.4, -0.2) is 5.78 Å². The van der Waals surface area contributed by atoms with Crippen LogP contribution in [0.3, 0.4) is 0 Å². The molecule has 0 saturated heterocycles. The average molecular weight is 279 g/mol. The predicted molar refractivity (Wildman–Crippen MR) is 80.2 cm³/mol. The van der Waals surface area contributed by atoms with E-state index in [4.69, 9.17) is 0 Å². The summed E-state index contributed by atoms with van der Waals surface area (Å²) in [6, 6.07) is 13.2. The number of allylic oxidation sites excluding steroid dienone is 1. The molecule has 0 radical (unpaired) electrons. The smallest absolute Gasteiger partial charge is 0.206 e. The van der Waals surface area contributed by atoms with E-state index in [1.54, 1.807) is 6.07 Å². The maximum Gasteiger partial charge on any atom is 0.206 e. The van der Waals surface area contributed by atoms with Gasteiger partial charge in [0.05, 0.1) is 5.56 Å². The molecular weight excluding hydrogens is 265 g/mol. The molecule has 0 spiro atoms. The highest BCUT2D eigenvalue weighted by Gasteiger charge is 2.15. The largest absolute Gasteiger partial charge is 0.288 e. The average Bonchev–Trinajstić information content (AvgIpc) is 2.48. The predicted octanol–water partition coefficient (Wildman–Crippen LogP) is 4.23. The number of ketones is 1. The SMILES string of the molecule is Cc1ccc(C=C(C#N)C(=O)c2ccccc2F)cc1C. The molecule has 0 heterocycles. The first-order chi connectivity index (χ1) is 10.0. The number of rotatable bonds is 3. The lowest BCUT2D eigenvalue weighted by atomic mass is 10.00. The number of benzene rings is 2.